The minimum atomic E-state index is -0.0489. The molecule has 0 bridgehead atoms. The second kappa shape index (κ2) is 14.9. The van der Waals surface area contributed by atoms with Gasteiger partial charge in [0.2, 0.25) is 0 Å². The molecule has 2 aliphatic rings. The third-order valence-electron chi connectivity index (χ3n) is 13.9. The van der Waals surface area contributed by atoms with Crippen LogP contribution in [0.15, 0.2) is 176 Å². The molecule has 0 fully saturated rings. The number of hydrogen-bond acceptors (Lipinski definition) is 4. The Morgan fingerprint density at radius 1 is 0.439 bits per heavy atom. The summed E-state index contributed by atoms with van der Waals surface area (Å²) in [4.78, 5) is 2.37. The van der Waals surface area contributed by atoms with Crippen molar-refractivity contribution in [3.8, 4) is 40.7 Å². The Balaban J connectivity index is 1.02. The molecule has 8 aromatic carbocycles. The summed E-state index contributed by atoms with van der Waals surface area (Å²) in [6.07, 6.45) is 6.98. The van der Waals surface area contributed by atoms with E-state index in [9.17, 15) is 15.8 Å². The van der Waals surface area contributed by atoms with Gasteiger partial charge in [0.15, 0.2) is 0 Å². The second-order valence-electron chi connectivity index (χ2n) is 17.6. The normalized spacial score (nSPS) is 15.2. The molecular weight excluding hydrogens is 805 g/mol. The second-order valence-corrected chi connectivity index (χ2v) is 17.6. The van der Waals surface area contributed by atoms with E-state index in [1.54, 1.807) is 0 Å². The average Bonchev–Trinajstić information content (AvgIpc) is 3.98. The van der Waals surface area contributed by atoms with Gasteiger partial charge in [-0.3, -0.25) is 0 Å². The molecule has 1 aliphatic carbocycles. The van der Waals surface area contributed by atoms with Crippen molar-refractivity contribution in [1.29, 1.82) is 15.8 Å². The number of fused-ring (bicyclic) bond motifs is 9. The molecular formula is C60H40N6. The Bertz CT molecular complexity index is 3930. The van der Waals surface area contributed by atoms with E-state index in [0.717, 1.165) is 105 Å². The van der Waals surface area contributed by atoms with Gasteiger partial charge in [0.05, 0.1) is 61.9 Å². The third kappa shape index (κ3) is 5.64. The first kappa shape index (κ1) is 38.8. The molecule has 0 spiro atoms. The molecule has 0 saturated heterocycles. The number of benzene rings is 8. The van der Waals surface area contributed by atoms with Gasteiger partial charge >= 0.3 is 0 Å². The fourth-order valence-electron chi connectivity index (χ4n) is 11.0. The monoisotopic (exact) mass is 844 g/mol. The molecule has 2 atom stereocenters. The van der Waals surface area contributed by atoms with Gasteiger partial charge in [-0.15, -0.1) is 0 Å². The zero-order chi connectivity index (χ0) is 44.8. The largest absolute Gasteiger partial charge is 0.332 e. The van der Waals surface area contributed by atoms with Crippen molar-refractivity contribution >= 4 is 60.6 Å². The van der Waals surface area contributed by atoms with Crippen LogP contribution in [0.1, 0.15) is 50.4 Å². The fourth-order valence-corrected chi connectivity index (χ4v) is 11.0. The third-order valence-corrected chi connectivity index (χ3v) is 13.9. The number of rotatable bonds is 5. The van der Waals surface area contributed by atoms with Gasteiger partial charge in [-0.05, 0) is 132 Å². The summed E-state index contributed by atoms with van der Waals surface area (Å²) in [5, 5.41) is 35.4. The Kier molecular flexibility index (Phi) is 8.72. The Hall–Kier alpha value is -8.89. The lowest BCUT2D eigenvalue weighted by molar-refractivity contribution is 0.745. The van der Waals surface area contributed by atoms with Crippen LogP contribution in [0.3, 0.4) is 0 Å². The molecule has 0 N–H and O–H groups in total. The lowest BCUT2D eigenvalue weighted by atomic mass is 9.85. The molecule has 0 radical (unpaired) electrons. The molecule has 6 heteroatoms. The number of hydrogen-bond donors (Lipinski definition) is 0. The standard InChI is InChI=1S/C60H40N6/c1-36-11-8-14-43(33-61)58(36)64-52-19-6-4-17-46(52)48-29-39(21-25-54(48)64)41-23-27-56-50(31-41)51-32-42(24-28-57(51)66(56)60-38(3)13-10-16-45(60)35-63)40-22-26-55-49(30-40)47-18-5-7-20-53(47)65(55)59-37(2)12-9-15-44(59)34-62/h4-32,50,56H,1-3H3. The van der Waals surface area contributed by atoms with E-state index in [-0.39, 0.29) is 12.0 Å². The maximum atomic E-state index is 10.5. The molecule has 0 saturated carbocycles. The van der Waals surface area contributed by atoms with Crippen LogP contribution < -0.4 is 4.90 Å². The molecule has 0 amide bonds. The predicted molar refractivity (Wildman–Crippen MR) is 268 cm³/mol. The van der Waals surface area contributed by atoms with Crippen LogP contribution in [0.4, 0.5) is 11.4 Å². The van der Waals surface area contributed by atoms with Gasteiger partial charge in [-0.1, -0.05) is 109 Å². The highest BCUT2D eigenvalue weighted by molar-refractivity contribution is 6.12. The number of nitrogens with zero attached hydrogens (tertiary/aromatic N) is 6. The maximum Gasteiger partial charge on any atom is 0.101 e. The first-order valence-corrected chi connectivity index (χ1v) is 22.3. The van der Waals surface area contributed by atoms with Crippen LogP contribution in [-0.2, 0) is 0 Å². The van der Waals surface area contributed by atoms with Crippen LogP contribution in [-0.4, -0.2) is 15.2 Å². The van der Waals surface area contributed by atoms with Gasteiger partial charge < -0.3 is 14.0 Å². The smallest absolute Gasteiger partial charge is 0.101 e. The number of allylic oxidation sites excluding steroid dienone is 2. The van der Waals surface area contributed by atoms with E-state index in [1.807, 2.05) is 36.4 Å². The van der Waals surface area contributed by atoms with E-state index >= 15 is 0 Å². The van der Waals surface area contributed by atoms with Crippen molar-refractivity contribution in [3.63, 3.8) is 0 Å². The number of anilines is 2. The van der Waals surface area contributed by atoms with Crippen molar-refractivity contribution < 1.29 is 0 Å². The highest BCUT2D eigenvalue weighted by Crippen LogP contribution is 2.52. The average molecular weight is 845 g/mol. The van der Waals surface area contributed by atoms with E-state index in [2.05, 4.69) is 193 Å². The Morgan fingerprint density at radius 2 is 0.909 bits per heavy atom. The quantitative estimate of drug-likeness (QED) is 0.173. The van der Waals surface area contributed by atoms with E-state index in [0.29, 0.717) is 16.7 Å². The number of nitriles is 3. The number of aromatic nitrogens is 2. The van der Waals surface area contributed by atoms with Crippen molar-refractivity contribution in [2.45, 2.75) is 32.7 Å². The molecule has 6 nitrogen and oxygen atoms in total. The minimum absolute atomic E-state index is 0.00982. The van der Waals surface area contributed by atoms with Crippen molar-refractivity contribution in [1.82, 2.24) is 9.13 Å². The van der Waals surface area contributed by atoms with Crippen LogP contribution in [0, 0.1) is 54.8 Å². The zero-order valence-corrected chi connectivity index (χ0v) is 36.6. The molecule has 2 aromatic heterocycles. The highest BCUT2D eigenvalue weighted by atomic mass is 15.2. The van der Waals surface area contributed by atoms with Crippen molar-refractivity contribution in [2.24, 2.45) is 0 Å². The van der Waals surface area contributed by atoms with Gasteiger partial charge in [-0.25, -0.2) is 0 Å². The lowest BCUT2D eigenvalue weighted by Crippen LogP contribution is -2.30. The van der Waals surface area contributed by atoms with Crippen LogP contribution in [0.25, 0.3) is 71.7 Å². The summed E-state index contributed by atoms with van der Waals surface area (Å²) in [5.74, 6) is -0.00982. The van der Waals surface area contributed by atoms with Gasteiger partial charge in [0.25, 0.3) is 0 Å². The summed E-state index contributed by atoms with van der Waals surface area (Å²) < 4.78 is 4.48. The zero-order valence-electron chi connectivity index (χ0n) is 36.6. The summed E-state index contributed by atoms with van der Waals surface area (Å²) in [6, 6.07) is 62.2. The summed E-state index contributed by atoms with van der Waals surface area (Å²) >= 11 is 0. The van der Waals surface area contributed by atoms with Gasteiger partial charge in [0.1, 0.15) is 18.2 Å². The fraction of sp³-hybridized carbons (Fsp3) is 0.0833. The number of para-hydroxylation sites is 5. The Morgan fingerprint density at radius 3 is 1.48 bits per heavy atom. The maximum absolute atomic E-state index is 10.5. The molecule has 3 heterocycles. The first-order valence-electron chi connectivity index (χ1n) is 22.3. The lowest BCUT2D eigenvalue weighted by Gasteiger charge is -2.31. The summed E-state index contributed by atoms with van der Waals surface area (Å²) in [5.41, 5.74) is 18.8. The molecule has 10 aromatic rings. The van der Waals surface area contributed by atoms with E-state index in [1.165, 1.54) is 5.56 Å². The molecule has 1 aliphatic heterocycles. The summed E-state index contributed by atoms with van der Waals surface area (Å²) in [6.45, 7) is 6.23. The van der Waals surface area contributed by atoms with E-state index < -0.39 is 0 Å². The van der Waals surface area contributed by atoms with Crippen molar-refractivity contribution in [3.05, 3.63) is 220 Å². The topological polar surface area (TPSA) is 84.5 Å². The van der Waals surface area contributed by atoms with Crippen LogP contribution in [0.5, 0.6) is 0 Å². The summed E-state index contributed by atoms with van der Waals surface area (Å²) in [7, 11) is 0. The molecule has 12 rings (SSSR count). The van der Waals surface area contributed by atoms with Crippen LogP contribution >= 0.6 is 0 Å². The molecule has 310 valence electrons. The van der Waals surface area contributed by atoms with Crippen molar-refractivity contribution in [2.75, 3.05) is 4.90 Å². The van der Waals surface area contributed by atoms with Crippen LogP contribution in [0.2, 0.25) is 0 Å². The number of aryl methyl sites for hydroxylation is 3. The van der Waals surface area contributed by atoms with Gasteiger partial charge in [0, 0.05) is 33.2 Å². The first-order chi connectivity index (χ1) is 32.4. The molecule has 66 heavy (non-hydrogen) atoms. The van der Waals surface area contributed by atoms with Gasteiger partial charge in [-0.2, -0.15) is 15.8 Å². The minimum Gasteiger partial charge on any atom is -0.332 e. The Labute approximate surface area is 382 Å². The van der Waals surface area contributed by atoms with E-state index in [4.69, 9.17) is 0 Å². The SMILES string of the molecule is Cc1cccc(C#N)c1N1c2ccc(-c3ccc4c(c3)c3ccccc3n4-c3c(C)cccc3C#N)cc2C2C=C(c3ccc4c(c3)c3ccccc3n4-c3c(C)cccc3C#N)C=CC21. The highest BCUT2D eigenvalue weighted by Gasteiger charge is 2.40. The molecule has 2 unspecified atom stereocenters. The predicted octanol–water partition coefficient (Wildman–Crippen LogP) is 14.3.